The maximum atomic E-state index is 13.0. The fourth-order valence-electron chi connectivity index (χ4n) is 2.48. The van der Waals surface area contributed by atoms with Crippen LogP contribution in [-0.2, 0) is 11.2 Å². The number of halogens is 3. The van der Waals surface area contributed by atoms with Gasteiger partial charge in [0.15, 0.2) is 0 Å². The van der Waals surface area contributed by atoms with E-state index in [-0.39, 0.29) is 18.3 Å². The maximum absolute atomic E-state index is 13.0. The highest BCUT2D eigenvalue weighted by atomic mass is 35.5. The molecule has 1 amide bonds. The van der Waals surface area contributed by atoms with Crippen molar-refractivity contribution in [2.24, 2.45) is 5.73 Å². The lowest BCUT2D eigenvalue weighted by atomic mass is 9.98. The second-order valence-corrected chi connectivity index (χ2v) is 5.15. The first-order valence-corrected chi connectivity index (χ1v) is 6.52. The molecule has 20 heavy (non-hydrogen) atoms. The highest BCUT2D eigenvalue weighted by Crippen LogP contribution is 2.27. The minimum absolute atomic E-state index is 0. The van der Waals surface area contributed by atoms with Gasteiger partial charge in [0, 0.05) is 12.6 Å². The van der Waals surface area contributed by atoms with Gasteiger partial charge in [-0.3, -0.25) is 4.79 Å². The van der Waals surface area contributed by atoms with Crippen molar-refractivity contribution in [3.8, 4) is 0 Å². The molecule has 2 rings (SSSR count). The number of hydrogen-bond acceptors (Lipinski definition) is 2. The van der Waals surface area contributed by atoms with Crippen molar-refractivity contribution in [3.05, 3.63) is 35.4 Å². The highest BCUT2D eigenvalue weighted by molar-refractivity contribution is 5.86. The molecule has 0 aliphatic heterocycles. The summed E-state index contributed by atoms with van der Waals surface area (Å²) in [6.07, 6.45) is 3.73. The van der Waals surface area contributed by atoms with Gasteiger partial charge in [0.2, 0.25) is 5.91 Å². The van der Waals surface area contributed by atoms with Crippen LogP contribution in [0.2, 0.25) is 0 Å². The molecule has 0 bridgehead atoms. The lowest BCUT2D eigenvalue weighted by molar-refractivity contribution is -0.126. The molecule has 0 aromatic heterocycles. The third-order valence-electron chi connectivity index (χ3n) is 3.57. The smallest absolute Gasteiger partial charge is 0.240 e. The van der Waals surface area contributed by atoms with E-state index < -0.39 is 17.2 Å². The van der Waals surface area contributed by atoms with Crippen molar-refractivity contribution in [1.82, 2.24) is 5.32 Å². The fraction of sp³-hybridized carbons (Fsp3) is 0.500. The van der Waals surface area contributed by atoms with Gasteiger partial charge in [-0.15, -0.1) is 12.4 Å². The van der Waals surface area contributed by atoms with Gasteiger partial charge >= 0.3 is 0 Å². The molecular weight excluding hydrogens is 286 g/mol. The normalized spacial score (nSPS) is 16.6. The Morgan fingerprint density at radius 1 is 1.20 bits per heavy atom. The molecule has 0 spiro atoms. The van der Waals surface area contributed by atoms with Crippen LogP contribution >= 0.6 is 12.4 Å². The lowest BCUT2D eigenvalue weighted by Crippen LogP contribution is -2.52. The zero-order valence-electron chi connectivity index (χ0n) is 11.1. The van der Waals surface area contributed by atoms with Crippen LogP contribution in [0.25, 0.3) is 0 Å². The van der Waals surface area contributed by atoms with Gasteiger partial charge in [0.25, 0.3) is 0 Å². The molecular formula is C14H19ClF2N2O. The molecule has 1 aromatic carbocycles. The zero-order valence-corrected chi connectivity index (χ0v) is 11.9. The molecule has 1 aliphatic rings. The summed E-state index contributed by atoms with van der Waals surface area (Å²) in [5.41, 5.74) is 5.76. The quantitative estimate of drug-likeness (QED) is 0.897. The molecule has 0 unspecified atom stereocenters. The monoisotopic (exact) mass is 304 g/mol. The average molecular weight is 305 g/mol. The number of carbonyl (C=O) groups is 1. The van der Waals surface area contributed by atoms with Crippen LogP contribution in [0.1, 0.15) is 31.2 Å². The Labute approximate surface area is 123 Å². The van der Waals surface area contributed by atoms with E-state index in [4.69, 9.17) is 5.73 Å². The van der Waals surface area contributed by atoms with E-state index >= 15 is 0 Å². The summed E-state index contributed by atoms with van der Waals surface area (Å²) < 4.78 is 25.9. The standard InChI is InChI=1S/C14H18F2N2O.ClH/c15-11-7-10(8-12(16)9-11)3-6-18-13(19)14(17)4-1-2-5-14;/h7-9H,1-6,17H2,(H,18,19);1H. The highest BCUT2D eigenvalue weighted by Gasteiger charge is 2.36. The molecule has 112 valence electrons. The summed E-state index contributed by atoms with van der Waals surface area (Å²) >= 11 is 0. The van der Waals surface area contributed by atoms with Crippen LogP contribution in [0, 0.1) is 11.6 Å². The first-order chi connectivity index (χ1) is 8.99. The van der Waals surface area contributed by atoms with Crippen LogP contribution in [0.5, 0.6) is 0 Å². The van der Waals surface area contributed by atoms with E-state index in [0.717, 1.165) is 18.9 Å². The number of amides is 1. The summed E-state index contributed by atoms with van der Waals surface area (Å²) in [6.45, 7) is 0.334. The topological polar surface area (TPSA) is 55.1 Å². The van der Waals surface area contributed by atoms with Gasteiger partial charge < -0.3 is 11.1 Å². The Kier molecular flexibility index (Phi) is 5.89. The maximum Gasteiger partial charge on any atom is 0.240 e. The minimum Gasteiger partial charge on any atom is -0.354 e. The third kappa shape index (κ3) is 4.15. The number of nitrogens with one attached hydrogen (secondary N) is 1. The molecule has 1 fully saturated rings. The summed E-state index contributed by atoms with van der Waals surface area (Å²) in [5, 5.41) is 2.74. The molecule has 0 saturated heterocycles. The third-order valence-corrected chi connectivity index (χ3v) is 3.57. The van der Waals surface area contributed by atoms with Crippen molar-refractivity contribution in [3.63, 3.8) is 0 Å². The molecule has 0 heterocycles. The first-order valence-electron chi connectivity index (χ1n) is 6.52. The van der Waals surface area contributed by atoms with E-state index in [1.54, 1.807) is 0 Å². The Balaban J connectivity index is 0.00000200. The molecule has 3 nitrogen and oxygen atoms in total. The summed E-state index contributed by atoms with van der Waals surface area (Å²) in [7, 11) is 0. The van der Waals surface area contributed by atoms with Gasteiger partial charge in [0.1, 0.15) is 11.6 Å². The molecule has 1 saturated carbocycles. The van der Waals surface area contributed by atoms with Crippen LogP contribution in [0.3, 0.4) is 0 Å². The van der Waals surface area contributed by atoms with Crippen molar-refractivity contribution >= 4 is 18.3 Å². The van der Waals surface area contributed by atoms with Crippen LogP contribution in [0.4, 0.5) is 8.78 Å². The van der Waals surface area contributed by atoms with Crippen LogP contribution in [-0.4, -0.2) is 18.0 Å². The number of rotatable bonds is 4. The Morgan fingerprint density at radius 2 is 1.75 bits per heavy atom. The van der Waals surface area contributed by atoms with E-state index in [9.17, 15) is 13.6 Å². The molecule has 6 heteroatoms. The van der Waals surface area contributed by atoms with Gasteiger partial charge in [-0.05, 0) is 37.0 Å². The SMILES string of the molecule is Cl.NC1(C(=O)NCCc2cc(F)cc(F)c2)CCCC1. The van der Waals surface area contributed by atoms with Gasteiger partial charge in [0.05, 0.1) is 5.54 Å². The van der Waals surface area contributed by atoms with Gasteiger partial charge in [-0.1, -0.05) is 12.8 Å². The lowest BCUT2D eigenvalue weighted by Gasteiger charge is -2.22. The predicted molar refractivity (Wildman–Crippen MR) is 75.7 cm³/mol. The summed E-state index contributed by atoms with van der Waals surface area (Å²) in [4.78, 5) is 11.9. The Morgan fingerprint density at radius 3 is 2.30 bits per heavy atom. The number of nitrogens with two attached hydrogens (primary N) is 1. The van der Waals surface area contributed by atoms with Crippen LogP contribution in [0.15, 0.2) is 18.2 Å². The Bertz CT molecular complexity index is 456. The molecule has 1 aliphatic carbocycles. The fourth-order valence-corrected chi connectivity index (χ4v) is 2.48. The predicted octanol–water partition coefficient (Wildman–Crippen LogP) is 2.32. The second kappa shape index (κ2) is 6.99. The van der Waals surface area contributed by atoms with Gasteiger partial charge in [-0.2, -0.15) is 0 Å². The summed E-state index contributed by atoms with van der Waals surface area (Å²) in [5.74, 6) is -1.37. The average Bonchev–Trinajstić information content (AvgIpc) is 2.76. The molecule has 0 radical (unpaired) electrons. The molecule has 1 aromatic rings. The number of benzene rings is 1. The summed E-state index contributed by atoms with van der Waals surface area (Å²) in [6, 6.07) is 3.36. The van der Waals surface area contributed by atoms with E-state index in [2.05, 4.69) is 5.32 Å². The van der Waals surface area contributed by atoms with Crippen LogP contribution < -0.4 is 11.1 Å². The minimum atomic E-state index is -0.757. The largest absolute Gasteiger partial charge is 0.354 e. The van der Waals surface area contributed by atoms with Crippen molar-refractivity contribution in [1.29, 1.82) is 0 Å². The van der Waals surface area contributed by atoms with E-state index in [1.165, 1.54) is 12.1 Å². The van der Waals surface area contributed by atoms with Crippen molar-refractivity contribution in [2.75, 3.05) is 6.54 Å². The zero-order chi connectivity index (χ0) is 13.9. The van der Waals surface area contributed by atoms with Crippen molar-refractivity contribution < 1.29 is 13.6 Å². The molecule has 0 atom stereocenters. The second-order valence-electron chi connectivity index (χ2n) is 5.15. The Hall–Kier alpha value is -1.20. The van der Waals surface area contributed by atoms with E-state index in [0.29, 0.717) is 31.4 Å². The first kappa shape index (κ1) is 16.9. The number of hydrogen-bond donors (Lipinski definition) is 2. The molecule has 3 N–H and O–H groups in total. The van der Waals surface area contributed by atoms with Gasteiger partial charge in [-0.25, -0.2) is 8.78 Å². The van der Waals surface area contributed by atoms with E-state index in [1.807, 2.05) is 0 Å². The number of carbonyl (C=O) groups excluding carboxylic acids is 1. The van der Waals surface area contributed by atoms with Crippen molar-refractivity contribution in [2.45, 2.75) is 37.6 Å².